The van der Waals surface area contributed by atoms with Crippen LogP contribution in [0.15, 0.2) is 22.4 Å². The predicted molar refractivity (Wildman–Crippen MR) is 47.4 cm³/mol. The lowest BCUT2D eigenvalue weighted by Crippen LogP contribution is -1.97. The largest absolute Gasteiger partial charge is 0.393 e. The van der Waals surface area contributed by atoms with Crippen LogP contribution < -0.4 is 5.32 Å². The van der Waals surface area contributed by atoms with E-state index in [2.05, 4.69) is 5.32 Å². The molecule has 0 atom stereocenters. The quantitative estimate of drug-likeness (QED) is 0.401. The smallest absolute Gasteiger partial charge is 0.151 e. The number of rotatable bonds is 3. The highest BCUT2D eigenvalue weighted by molar-refractivity contribution is 6.34. The maximum Gasteiger partial charge on any atom is 0.151 e. The number of halogens is 1. The first-order chi connectivity index (χ1) is 5.13. The van der Waals surface area contributed by atoms with Gasteiger partial charge in [0.25, 0.3) is 0 Å². The fourth-order valence-electron chi connectivity index (χ4n) is 0.617. The number of hydrogen-bond acceptors (Lipinski definition) is 2. The van der Waals surface area contributed by atoms with Gasteiger partial charge in [-0.1, -0.05) is 17.2 Å². The Morgan fingerprint density at radius 3 is 2.27 bits per heavy atom. The summed E-state index contributed by atoms with van der Waals surface area (Å²) in [6.07, 6.45) is 2.34. The summed E-state index contributed by atoms with van der Waals surface area (Å²) in [4.78, 5) is 10.5. The van der Waals surface area contributed by atoms with Gasteiger partial charge in [-0.3, -0.25) is 4.79 Å². The van der Waals surface area contributed by atoms with E-state index in [1.165, 1.54) is 0 Å². The fraction of sp³-hybridized carbons (Fsp3) is 0.375. The zero-order chi connectivity index (χ0) is 8.85. The molecule has 1 N–H and O–H groups in total. The minimum absolute atomic E-state index is 0.447. The van der Waals surface area contributed by atoms with Crippen LogP contribution in [0.1, 0.15) is 13.8 Å². The highest BCUT2D eigenvalue weighted by Gasteiger charge is 2.01. The maximum atomic E-state index is 10.5. The standard InChI is InChI=1S/C8H12ClNO/c1-6(2)7(5-11)8(9)4-10-3/h4-5,10H,1-3H3/b8-4+. The predicted octanol–water partition coefficient (Wildman–Crippen LogP) is 1.82. The number of hydrogen-bond donors (Lipinski definition) is 1. The summed E-state index contributed by atoms with van der Waals surface area (Å²) in [5.74, 6) is 0. The van der Waals surface area contributed by atoms with E-state index < -0.39 is 0 Å². The number of aldehydes is 1. The lowest BCUT2D eigenvalue weighted by molar-refractivity contribution is -0.104. The molecule has 0 aromatic carbocycles. The monoisotopic (exact) mass is 173 g/mol. The van der Waals surface area contributed by atoms with Crippen LogP contribution in [-0.4, -0.2) is 13.3 Å². The van der Waals surface area contributed by atoms with Crippen LogP contribution in [0.25, 0.3) is 0 Å². The van der Waals surface area contributed by atoms with Gasteiger partial charge < -0.3 is 5.32 Å². The lowest BCUT2D eigenvalue weighted by atomic mass is 10.1. The van der Waals surface area contributed by atoms with Crippen LogP contribution in [0.3, 0.4) is 0 Å². The SMILES string of the molecule is CN/C=C(/Cl)C(C=O)=C(C)C. The molecule has 0 aliphatic heterocycles. The van der Waals surface area contributed by atoms with Gasteiger partial charge in [-0.25, -0.2) is 0 Å². The van der Waals surface area contributed by atoms with Crippen molar-refractivity contribution in [3.63, 3.8) is 0 Å². The molecule has 11 heavy (non-hydrogen) atoms. The molecule has 2 nitrogen and oxygen atoms in total. The zero-order valence-corrected chi connectivity index (χ0v) is 7.70. The molecule has 0 aromatic heterocycles. The maximum absolute atomic E-state index is 10.5. The molecule has 0 saturated heterocycles. The second-order valence-electron chi connectivity index (χ2n) is 2.31. The molecule has 3 heteroatoms. The fourth-order valence-corrected chi connectivity index (χ4v) is 0.960. The molecule has 0 saturated carbocycles. The highest BCUT2D eigenvalue weighted by Crippen LogP contribution is 2.15. The summed E-state index contributed by atoms with van der Waals surface area (Å²) in [5.41, 5.74) is 1.46. The van der Waals surface area contributed by atoms with Crippen LogP contribution in [0.4, 0.5) is 0 Å². The first-order valence-corrected chi connectivity index (χ1v) is 3.67. The molecule has 0 amide bonds. The van der Waals surface area contributed by atoms with Gasteiger partial charge in [0.15, 0.2) is 6.29 Å². The Hall–Kier alpha value is -0.760. The van der Waals surface area contributed by atoms with Gasteiger partial charge in [-0.05, 0) is 13.8 Å². The van der Waals surface area contributed by atoms with Crippen molar-refractivity contribution in [1.29, 1.82) is 0 Å². The molecular weight excluding hydrogens is 162 g/mol. The summed E-state index contributed by atoms with van der Waals surface area (Å²) >= 11 is 5.75. The minimum Gasteiger partial charge on any atom is -0.393 e. The molecule has 0 rings (SSSR count). The summed E-state index contributed by atoms with van der Waals surface area (Å²) in [6, 6.07) is 0. The van der Waals surface area contributed by atoms with Crippen molar-refractivity contribution < 1.29 is 4.79 Å². The number of nitrogens with one attached hydrogen (secondary N) is 1. The third-order valence-corrected chi connectivity index (χ3v) is 1.50. The van der Waals surface area contributed by atoms with Crippen molar-refractivity contribution in [2.75, 3.05) is 7.05 Å². The van der Waals surface area contributed by atoms with Crippen LogP contribution >= 0.6 is 11.6 Å². The molecule has 0 unspecified atom stereocenters. The van der Waals surface area contributed by atoms with E-state index >= 15 is 0 Å². The third-order valence-electron chi connectivity index (χ3n) is 1.18. The van der Waals surface area contributed by atoms with Crippen molar-refractivity contribution in [2.24, 2.45) is 0 Å². The van der Waals surface area contributed by atoms with Gasteiger partial charge in [0.2, 0.25) is 0 Å². The summed E-state index contributed by atoms with van der Waals surface area (Å²) in [6.45, 7) is 3.69. The van der Waals surface area contributed by atoms with E-state index in [-0.39, 0.29) is 0 Å². The van der Waals surface area contributed by atoms with Gasteiger partial charge in [-0.15, -0.1) is 0 Å². The van der Waals surface area contributed by atoms with E-state index in [0.717, 1.165) is 11.9 Å². The summed E-state index contributed by atoms with van der Waals surface area (Å²) in [5, 5.41) is 3.20. The molecular formula is C8H12ClNO. The van der Waals surface area contributed by atoms with Crippen LogP contribution in [0.5, 0.6) is 0 Å². The molecule has 0 aliphatic rings. The van der Waals surface area contributed by atoms with Crippen molar-refractivity contribution in [3.05, 3.63) is 22.4 Å². The molecule has 0 spiro atoms. The first-order valence-electron chi connectivity index (χ1n) is 3.29. The Morgan fingerprint density at radius 1 is 1.45 bits per heavy atom. The lowest BCUT2D eigenvalue weighted by Gasteiger charge is -1.99. The molecule has 0 heterocycles. The van der Waals surface area contributed by atoms with Crippen LogP contribution in [-0.2, 0) is 4.79 Å². The van der Waals surface area contributed by atoms with Crippen LogP contribution in [0, 0.1) is 0 Å². The minimum atomic E-state index is 0.447. The Balaban J connectivity index is 4.67. The molecule has 0 bridgehead atoms. The topological polar surface area (TPSA) is 29.1 Å². The van der Waals surface area contributed by atoms with Gasteiger partial charge in [0, 0.05) is 18.8 Å². The summed E-state index contributed by atoms with van der Waals surface area (Å²) in [7, 11) is 1.73. The number of carbonyl (C=O) groups is 1. The normalized spacial score (nSPS) is 10.7. The number of allylic oxidation sites excluding steroid dienone is 3. The Bertz CT molecular complexity index is 202. The molecule has 0 fully saturated rings. The van der Waals surface area contributed by atoms with Crippen molar-refractivity contribution in [1.82, 2.24) is 5.32 Å². The molecule has 0 aliphatic carbocycles. The second-order valence-corrected chi connectivity index (χ2v) is 2.72. The van der Waals surface area contributed by atoms with Gasteiger partial charge in [0.05, 0.1) is 5.03 Å². The van der Waals surface area contributed by atoms with E-state index in [4.69, 9.17) is 11.6 Å². The Kier molecular flexibility index (Phi) is 4.62. The zero-order valence-electron chi connectivity index (χ0n) is 6.94. The molecule has 0 radical (unpaired) electrons. The van der Waals surface area contributed by atoms with E-state index in [9.17, 15) is 4.79 Å². The average molecular weight is 174 g/mol. The van der Waals surface area contributed by atoms with Gasteiger partial charge >= 0.3 is 0 Å². The van der Waals surface area contributed by atoms with Gasteiger partial charge in [-0.2, -0.15) is 0 Å². The van der Waals surface area contributed by atoms with Crippen molar-refractivity contribution in [3.8, 4) is 0 Å². The Morgan fingerprint density at radius 2 is 2.00 bits per heavy atom. The summed E-state index contributed by atoms with van der Waals surface area (Å²) < 4.78 is 0. The molecule has 62 valence electrons. The van der Waals surface area contributed by atoms with E-state index in [1.807, 2.05) is 13.8 Å². The van der Waals surface area contributed by atoms with Crippen molar-refractivity contribution >= 4 is 17.9 Å². The Labute approximate surface area is 71.9 Å². The van der Waals surface area contributed by atoms with Crippen molar-refractivity contribution in [2.45, 2.75) is 13.8 Å². The van der Waals surface area contributed by atoms with E-state index in [1.54, 1.807) is 13.2 Å². The average Bonchev–Trinajstić information content (AvgIpc) is 1.88. The molecule has 0 aromatic rings. The van der Waals surface area contributed by atoms with E-state index in [0.29, 0.717) is 10.6 Å². The number of carbonyl (C=O) groups excluding carboxylic acids is 1. The second kappa shape index (κ2) is 4.97. The third kappa shape index (κ3) is 3.23. The van der Waals surface area contributed by atoms with Crippen LogP contribution in [0.2, 0.25) is 0 Å². The van der Waals surface area contributed by atoms with Gasteiger partial charge in [0.1, 0.15) is 0 Å². The first kappa shape index (κ1) is 10.2. The highest BCUT2D eigenvalue weighted by atomic mass is 35.5.